The molecule has 7 nitrogen and oxygen atoms in total. The van der Waals surface area contributed by atoms with Gasteiger partial charge in [-0.2, -0.15) is 0 Å². The van der Waals surface area contributed by atoms with Gasteiger partial charge in [0.2, 0.25) is 0 Å². The van der Waals surface area contributed by atoms with Gasteiger partial charge in [0.1, 0.15) is 18.1 Å². The predicted molar refractivity (Wildman–Crippen MR) is 108 cm³/mol. The number of amides is 1. The zero-order chi connectivity index (χ0) is 20.5. The molecule has 3 rings (SSSR count). The number of aliphatic carboxylic acids is 1. The lowest BCUT2D eigenvalue weighted by molar-refractivity contribution is -0.137. The zero-order valence-electron chi connectivity index (χ0n) is 16.1. The quantitative estimate of drug-likeness (QED) is 0.591. The predicted octanol–water partition coefficient (Wildman–Crippen LogP) is 3.74. The third kappa shape index (κ3) is 6.80. The summed E-state index contributed by atoms with van der Waals surface area (Å²) < 4.78 is 16.7. The smallest absolute Gasteiger partial charge is 0.303 e. The lowest BCUT2D eigenvalue weighted by Crippen LogP contribution is -2.16. The number of rotatable bonds is 10. The van der Waals surface area contributed by atoms with Gasteiger partial charge in [-0.25, -0.2) is 0 Å². The highest BCUT2D eigenvalue weighted by molar-refractivity contribution is 6.04. The second-order valence-corrected chi connectivity index (χ2v) is 6.79. The van der Waals surface area contributed by atoms with Crippen molar-refractivity contribution in [1.82, 2.24) is 0 Å². The average molecular weight is 399 g/mol. The van der Waals surface area contributed by atoms with E-state index in [4.69, 9.17) is 19.3 Å². The van der Waals surface area contributed by atoms with Crippen LogP contribution in [-0.2, 0) is 9.53 Å². The number of carbonyl (C=O) groups is 2. The number of carbonyl (C=O) groups excluding carboxylic acids is 1. The molecule has 1 heterocycles. The molecule has 2 N–H and O–H groups in total. The van der Waals surface area contributed by atoms with E-state index in [1.165, 1.54) is 0 Å². The Morgan fingerprint density at radius 2 is 1.72 bits per heavy atom. The summed E-state index contributed by atoms with van der Waals surface area (Å²) in [6, 6.07) is 13.9. The van der Waals surface area contributed by atoms with Gasteiger partial charge in [0.25, 0.3) is 5.91 Å². The second-order valence-electron chi connectivity index (χ2n) is 6.79. The molecule has 2 aromatic rings. The van der Waals surface area contributed by atoms with Crippen LogP contribution in [0.25, 0.3) is 0 Å². The van der Waals surface area contributed by atoms with E-state index in [0.717, 1.165) is 19.4 Å². The Balaban J connectivity index is 1.44. The van der Waals surface area contributed by atoms with Crippen molar-refractivity contribution >= 4 is 17.6 Å². The van der Waals surface area contributed by atoms with Crippen molar-refractivity contribution < 1.29 is 28.9 Å². The van der Waals surface area contributed by atoms with Gasteiger partial charge in [0.05, 0.1) is 12.7 Å². The van der Waals surface area contributed by atoms with Gasteiger partial charge in [0.15, 0.2) is 0 Å². The van der Waals surface area contributed by atoms with Crippen LogP contribution in [0.15, 0.2) is 48.5 Å². The van der Waals surface area contributed by atoms with Crippen molar-refractivity contribution in [2.45, 2.75) is 31.8 Å². The minimum Gasteiger partial charge on any atom is -0.494 e. The number of carboxylic acid groups (broad SMARTS) is 1. The average Bonchev–Trinajstić information content (AvgIpc) is 3.25. The summed E-state index contributed by atoms with van der Waals surface area (Å²) >= 11 is 0. The second kappa shape index (κ2) is 10.5. The van der Waals surface area contributed by atoms with Gasteiger partial charge >= 0.3 is 5.97 Å². The number of hydrogen-bond acceptors (Lipinski definition) is 5. The third-order valence-corrected chi connectivity index (χ3v) is 4.49. The minimum absolute atomic E-state index is 0.0757. The molecule has 0 saturated carbocycles. The van der Waals surface area contributed by atoms with Crippen LogP contribution in [-0.4, -0.2) is 42.9 Å². The SMILES string of the molecule is O=C(O)CCCOc1ccc(NC(=O)c2ccc(OCC3CCCO3)cc2)cc1. The maximum atomic E-state index is 12.4. The molecule has 1 fully saturated rings. The summed E-state index contributed by atoms with van der Waals surface area (Å²) in [6.07, 6.45) is 2.77. The van der Waals surface area contributed by atoms with Crippen LogP contribution in [0.1, 0.15) is 36.0 Å². The first-order valence-corrected chi connectivity index (χ1v) is 9.70. The summed E-state index contributed by atoms with van der Waals surface area (Å²) in [5.41, 5.74) is 1.18. The van der Waals surface area contributed by atoms with Gasteiger partial charge in [0, 0.05) is 24.3 Å². The van der Waals surface area contributed by atoms with Crippen molar-refractivity contribution in [3.05, 3.63) is 54.1 Å². The van der Waals surface area contributed by atoms with E-state index >= 15 is 0 Å². The fourth-order valence-corrected chi connectivity index (χ4v) is 2.92. The Kier molecular flexibility index (Phi) is 7.47. The van der Waals surface area contributed by atoms with Crippen molar-refractivity contribution in [1.29, 1.82) is 0 Å². The zero-order valence-corrected chi connectivity index (χ0v) is 16.1. The van der Waals surface area contributed by atoms with E-state index in [1.807, 2.05) is 0 Å². The molecular formula is C22H25NO6. The normalized spacial score (nSPS) is 15.7. The molecule has 1 atom stereocenters. The lowest BCUT2D eigenvalue weighted by atomic mass is 10.2. The topological polar surface area (TPSA) is 94.1 Å². The molecule has 0 aliphatic carbocycles. The third-order valence-electron chi connectivity index (χ3n) is 4.49. The van der Waals surface area contributed by atoms with Crippen LogP contribution in [0.5, 0.6) is 11.5 Å². The summed E-state index contributed by atoms with van der Waals surface area (Å²) in [4.78, 5) is 22.9. The van der Waals surface area contributed by atoms with Crippen LogP contribution in [0.3, 0.4) is 0 Å². The number of carboxylic acids is 1. The Bertz CT molecular complexity index is 797. The molecule has 0 bridgehead atoms. The Labute approximate surface area is 169 Å². The van der Waals surface area contributed by atoms with Crippen molar-refractivity contribution in [3.63, 3.8) is 0 Å². The van der Waals surface area contributed by atoms with E-state index in [1.54, 1.807) is 48.5 Å². The largest absolute Gasteiger partial charge is 0.494 e. The molecule has 0 aromatic heterocycles. The number of anilines is 1. The van der Waals surface area contributed by atoms with Crippen LogP contribution >= 0.6 is 0 Å². The van der Waals surface area contributed by atoms with E-state index in [9.17, 15) is 9.59 Å². The van der Waals surface area contributed by atoms with E-state index in [2.05, 4.69) is 5.32 Å². The molecular weight excluding hydrogens is 374 g/mol. The standard InChI is InChI=1S/C22H25NO6/c24-21(25)4-2-14-27-18-11-7-17(8-12-18)23-22(26)16-5-9-19(10-6-16)29-15-20-3-1-13-28-20/h5-12,20H,1-4,13-15H2,(H,23,26)(H,24,25). The summed E-state index contributed by atoms with van der Waals surface area (Å²) in [5, 5.41) is 11.4. The first-order chi connectivity index (χ1) is 14.1. The molecule has 0 radical (unpaired) electrons. The van der Waals surface area contributed by atoms with Crippen LogP contribution < -0.4 is 14.8 Å². The maximum absolute atomic E-state index is 12.4. The maximum Gasteiger partial charge on any atom is 0.303 e. The fourth-order valence-electron chi connectivity index (χ4n) is 2.92. The summed E-state index contributed by atoms with van der Waals surface area (Å²) in [5.74, 6) is 0.280. The minimum atomic E-state index is -0.839. The fraction of sp³-hybridized carbons (Fsp3) is 0.364. The number of nitrogens with one attached hydrogen (secondary N) is 1. The Hall–Kier alpha value is -3.06. The van der Waals surface area contributed by atoms with Crippen LogP contribution in [0, 0.1) is 0 Å². The molecule has 1 unspecified atom stereocenters. The molecule has 2 aromatic carbocycles. The van der Waals surface area contributed by atoms with Gasteiger partial charge in [-0.15, -0.1) is 0 Å². The molecule has 0 spiro atoms. The van der Waals surface area contributed by atoms with Crippen LogP contribution in [0.4, 0.5) is 5.69 Å². The number of benzene rings is 2. The first kappa shape index (κ1) is 20.7. The molecule has 7 heteroatoms. The number of ether oxygens (including phenoxy) is 3. The highest BCUT2D eigenvalue weighted by Gasteiger charge is 2.16. The van der Waals surface area contributed by atoms with E-state index in [-0.39, 0.29) is 18.4 Å². The molecule has 1 aliphatic rings. The Morgan fingerprint density at radius 3 is 2.38 bits per heavy atom. The highest BCUT2D eigenvalue weighted by atomic mass is 16.5. The van der Waals surface area contributed by atoms with Gasteiger partial charge in [-0.3, -0.25) is 9.59 Å². The van der Waals surface area contributed by atoms with Gasteiger partial charge < -0.3 is 24.6 Å². The Morgan fingerprint density at radius 1 is 1.03 bits per heavy atom. The monoisotopic (exact) mass is 399 g/mol. The summed E-state index contributed by atoms with van der Waals surface area (Å²) in [6.45, 7) is 1.65. The molecule has 29 heavy (non-hydrogen) atoms. The van der Waals surface area contributed by atoms with Crippen molar-refractivity contribution in [2.24, 2.45) is 0 Å². The lowest BCUT2D eigenvalue weighted by Gasteiger charge is -2.12. The van der Waals surface area contributed by atoms with E-state index < -0.39 is 5.97 Å². The molecule has 154 valence electrons. The van der Waals surface area contributed by atoms with Crippen molar-refractivity contribution in [3.8, 4) is 11.5 Å². The number of hydrogen-bond donors (Lipinski definition) is 2. The molecule has 1 amide bonds. The van der Waals surface area contributed by atoms with Crippen molar-refractivity contribution in [2.75, 3.05) is 25.1 Å². The van der Waals surface area contributed by atoms with Gasteiger partial charge in [-0.1, -0.05) is 0 Å². The summed E-state index contributed by atoms with van der Waals surface area (Å²) in [7, 11) is 0. The highest BCUT2D eigenvalue weighted by Crippen LogP contribution is 2.19. The van der Waals surface area contributed by atoms with Gasteiger partial charge in [-0.05, 0) is 67.8 Å². The van der Waals surface area contributed by atoms with E-state index in [0.29, 0.717) is 42.4 Å². The molecule has 1 saturated heterocycles. The van der Waals surface area contributed by atoms with Crippen LogP contribution in [0.2, 0.25) is 0 Å². The first-order valence-electron chi connectivity index (χ1n) is 9.70. The molecule has 1 aliphatic heterocycles.